The third-order valence-electron chi connectivity index (χ3n) is 5.37. The summed E-state index contributed by atoms with van der Waals surface area (Å²) in [5.41, 5.74) is 0.440. The molecule has 158 valence electrons. The van der Waals surface area contributed by atoms with Gasteiger partial charge in [0.25, 0.3) is 0 Å². The highest BCUT2D eigenvalue weighted by molar-refractivity contribution is 5.54. The minimum atomic E-state index is -4.38. The fraction of sp³-hybridized carbons (Fsp3) is 0.381. The highest BCUT2D eigenvalue weighted by atomic mass is 19.4. The molecule has 0 spiro atoms. The fourth-order valence-corrected chi connectivity index (χ4v) is 3.66. The maximum atomic E-state index is 12.7. The maximum absolute atomic E-state index is 12.7. The molecule has 4 rings (SSSR count). The fourth-order valence-electron chi connectivity index (χ4n) is 3.66. The number of hydrogen-bond donors (Lipinski definition) is 1. The number of aliphatic hydroxyl groups excluding tert-OH is 1. The molecule has 0 unspecified atom stereocenters. The van der Waals surface area contributed by atoms with Crippen LogP contribution in [-0.4, -0.2) is 38.2 Å². The van der Waals surface area contributed by atoms with E-state index in [1.807, 2.05) is 18.2 Å². The summed E-state index contributed by atoms with van der Waals surface area (Å²) < 4.78 is 43.3. The zero-order valence-corrected chi connectivity index (χ0v) is 16.1. The number of benzene rings is 1. The first-order valence-electron chi connectivity index (χ1n) is 9.72. The van der Waals surface area contributed by atoms with Gasteiger partial charge in [0.05, 0.1) is 23.9 Å². The Morgan fingerprint density at radius 2 is 1.83 bits per heavy atom. The van der Waals surface area contributed by atoms with E-state index in [1.165, 1.54) is 12.1 Å². The van der Waals surface area contributed by atoms with E-state index in [2.05, 4.69) is 20.0 Å². The highest BCUT2D eigenvalue weighted by Gasteiger charge is 2.30. The van der Waals surface area contributed by atoms with Gasteiger partial charge in [-0.25, -0.2) is 0 Å². The van der Waals surface area contributed by atoms with Gasteiger partial charge < -0.3 is 9.63 Å². The molecule has 0 bridgehead atoms. The second-order valence-corrected chi connectivity index (χ2v) is 7.40. The Hall–Kier alpha value is -2.78. The van der Waals surface area contributed by atoms with Crippen molar-refractivity contribution in [1.29, 1.82) is 0 Å². The van der Waals surface area contributed by atoms with E-state index in [0.29, 0.717) is 23.7 Å². The van der Waals surface area contributed by atoms with E-state index < -0.39 is 17.8 Å². The number of likely N-dealkylation sites (tertiary alicyclic amines) is 1. The Labute approximate surface area is 171 Å². The quantitative estimate of drug-likeness (QED) is 0.673. The molecule has 1 saturated heterocycles. The maximum Gasteiger partial charge on any atom is 0.416 e. The predicted molar refractivity (Wildman–Crippen MR) is 102 cm³/mol. The van der Waals surface area contributed by atoms with E-state index >= 15 is 0 Å². The van der Waals surface area contributed by atoms with Gasteiger partial charge in [0, 0.05) is 11.8 Å². The predicted octanol–water partition coefficient (Wildman–Crippen LogP) is 4.10. The smallest absolute Gasteiger partial charge is 0.387 e. The van der Waals surface area contributed by atoms with Gasteiger partial charge in [0.2, 0.25) is 11.7 Å². The van der Waals surface area contributed by atoms with Crippen molar-refractivity contribution in [2.24, 2.45) is 5.92 Å². The van der Waals surface area contributed by atoms with E-state index in [9.17, 15) is 18.3 Å². The number of alkyl halides is 3. The standard InChI is InChI=1S/C21H21F3N4O2/c22-21(23,24)16-6-4-15(5-7-16)20-26-18(30-27-20)13-28-11-8-14(9-12-28)19(29)17-3-1-2-10-25-17/h1-7,10,14,19,29H,8-9,11-13H2/t19-/m0/s1. The van der Waals surface area contributed by atoms with E-state index in [4.69, 9.17) is 4.52 Å². The molecule has 0 aliphatic carbocycles. The van der Waals surface area contributed by atoms with Gasteiger partial charge in [0.15, 0.2) is 0 Å². The largest absolute Gasteiger partial charge is 0.416 e. The molecular weight excluding hydrogens is 397 g/mol. The summed E-state index contributed by atoms with van der Waals surface area (Å²) in [5, 5.41) is 14.4. The van der Waals surface area contributed by atoms with Crippen LogP contribution in [0.5, 0.6) is 0 Å². The van der Waals surface area contributed by atoms with E-state index in [0.717, 1.165) is 38.1 Å². The molecule has 9 heteroatoms. The van der Waals surface area contributed by atoms with Gasteiger partial charge >= 0.3 is 6.18 Å². The highest BCUT2D eigenvalue weighted by Crippen LogP contribution is 2.31. The van der Waals surface area contributed by atoms with Crippen molar-refractivity contribution in [3.63, 3.8) is 0 Å². The van der Waals surface area contributed by atoms with Crippen molar-refractivity contribution < 1.29 is 22.8 Å². The van der Waals surface area contributed by atoms with Crippen LogP contribution in [0.15, 0.2) is 53.2 Å². The molecule has 3 heterocycles. The number of halogens is 3. The van der Waals surface area contributed by atoms with Crippen molar-refractivity contribution in [2.75, 3.05) is 13.1 Å². The lowest BCUT2D eigenvalue weighted by atomic mass is 9.89. The monoisotopic (exact) mass is 418 g/mol. The lowest BCUT2D eigenvalue weighted by Gasteiger charge is -2.33. The molecular formula is C21H21F3N4O2. The first-order chi connectivity index (χ1) is 14.4. The van der Waals surface area contributed by atoms with Gasteiger partial charge in [-0.05, 0) is 56.1 Å². The topological polar surface area (TPSA) is 75.3 Å². The minimum Gasteiger partial charge on any atom is -0.387 e. The second-order valence-electron chi connectivity index (χ2n) is 7.40. The number of hydrogen-bond acceptors (Lipinski definition) is 6. The molecule has 1 atom stereocenters. The summed E-state index contributed by atoms with van der Waals surface area (Å²) in [6, 6.07) is 10.2. The minimum absolute atomic E-state index is 0.140. The molecule has 6 nitrogen and oxygen atoms in total. The van der Waals surface area contributed by atoms with Crippen LogP contribution in [-0.2, 0) is 12.7 Å². The van der Waals surface area contributed by atoms with Crippen molar-refractivity contribution in [3.8, 4) is 11.4 Å². The Bertz CT molecular complexity index is 952. The lowest BCUT2D eigenvalue weighted by Crippen LogP contribution is -2.35. The van der Waals surface area contributed by atoms with Crippen molar-refractivity contribution in [1.82, 2.24) is 20.0 Å². The number of aliphatic hydroxyl groups is 1. The van der Waals surface area contributed by atoms with Crippen LogP contribution in [0.4, 0.5) is 13.2 Å². The first-order valence-corrected chi connectivity index (χ1v) is 9.72. The molecule has 0 amide bonds. The van der Waals surface area contributed by atoms with Crippen molar-refractivity contribution in [3.05, 3.63) is 65.8 Å². The van der Waals surface area contributed by atoms with Crippen LogP contribution in [0.25, 0.3) is 11.4 Å². The van der Waals surface area contributed by atoms with Crippen LogP contribution in [0.2, 0.25) is 0 Å². The number of rotatable bonds is 5. The Kier molecular flexibility index (Phi) is 5.83. The zero-order valence-electron chi connectivity index (χ0n) is 16.1. The zero-order chi connectivity index (χ0) is 21.1. The van der Waals surface area contributed by atoms with Gasteiger partial charge in [-0.3, -0.25) is 9.88 Å². The Morgan fingerprint density at radius 1 is 1.10 bits per heavy atom. The third-order valence-corrected chi connectivity index (χ3v) is 5.37. The lowest BCUT2D eigenvalue weighted by molar-refractivity contribution is -0.137. The molecule has 2 aromatic heterocycles. The number of nitrogens with zero attached hydrogens (tertiary/aromatic N) is 4. The molecule has 0 saturated carbocycles. The van der Waals surface area contributed by atoms with Crippen LogP contribution >= 0.6 is 0 Å². The van der Waals surface area contributed by atoms with Gasteiger partial charge in [-0.15, -0.1) is 0 Å². The molecule has 1 N–H and O–H groups in total. The third kappa shape index (κ3) is 4.68. The summed E-state index contributed by atoms with van der Waals surface area (Å²) in [6.45, 7) is 2.00. The van der Waals surface area contributed by atoms with E-state index in [-0.39, 0.29) is 11.7 Å². The summed E-state index contributed by atoms with van der Waals surface area (Å²) in [7, 11) is 0. The van der Waals surface area contributed by atoms with Gasteiger partial charge in [0.1, 0.15) is 0 Å². The normalized spacial score (nSPS) is 17.2. The first kappa shape index (κ1) is 20.5. The average molecular weight is 418 g/mol. The van der Waals surface area contributed by atoms with Crippen LogP contribution in [0.1, 0.15) is 36.1 Å². The number of pyridine rings is 1. The SMILES string of the molecule is O[C@H](c1ccccn1)C1CCN(Cc2nc(-c3ccc(C(F)(F)F)cc3)no2)CC1. The Morgan fingerprint density at radius 3 is 2.47 bits per heavy atom. The second kappa shape index (κ2) is 8.53. The summed E-state index contributed by atoms with van der Waals surface area (Å²) in [5.74, 6) is 0.814. The molecule has 1 aliphatic rings. The summed E-state index contributed by atoms with van der Waals surface area (Å²) in [4.78, 5) is 10.7. The molecule has 30 heavy (non-hydrogen) atoms. The Balaban J connectivity index is 1.33. The van der Waals surface area contributed by atoms with Crippen LogP contribution in [0, 0.1) is 5.92 Å². The molecule has 1 aromatic carbocycles. The van der Waals surface area contributed by atoms with Crippen molar-refractivity contribution >= 4 is 0 Å². The molecule has 1 fully saturated rings. The molecule has 3 aromatic rings. The van der Waals surface area contributed by atoms with Crippen molar-refractivity contribution in [2.45, 2.75) is 31.7 Å². The van der Waals surface area contributed by atoms with E-state index in [1.54, 1.807) is 6.20 Å². The van der Waals surface area contributed by atoms with Crippen LogP contribution < -0.4 is 0 Å². The summed E-state index contributed by atoms with van der Waals surface area (Å²) >= 11 is 0. The van der Waals surface area contributed by atoms with Crippen LogP contribution in [0.3, 0.4) is 0 Å². The van der Waals surface area contributed by atoms with Gasteiger partial charge in [-0.2, -0.15) is 18.2 Å². The molecule has 1 aliphatic heterocycles. The number of piperidine rings is 1. The average Bonchev–Trinajstić information content (AvgIpc) is 3.22. The number of aromatic nitrogens is 3. The molecule has 0 radical (unpaired) electrons. The van der Waals surface area contributed by atoms with Gasteiger partial charge in [-0.1, -0.05) is 23.4 Å². The summed E-state index contributed by atoms with van der Waals surface area (Å²) in [6.07, 6.45) is -1.65.